The van der Waals surface area contributed by atoms with E-state index in [1.165, 1.54) is 6.20 Å². The predicted molar refractivity (Wildman–Crippen MR) is 62.2 cm³/mol. The number of aromatic amines is 1. The molecule has 2 N–H and O–H groups in total. The van der Waals surface area contributed by atoms with E-state index in [2.05, 4.69) is 15.5 Å². The largest absolute Gasteiger partial charge is 0.379 e. The molecule has 0 spiro atoms. The van der Waals surface area contributed by atoms with Crippen LogP contribution in [0.15, 0.2) is 11.0 Å². The van der Waals surface area contributed by atoms with Gasteiger partial charge in [-0.25, -0.2) is 9.49 Å². The van der Waals surface area contributed by atoms with Gasteiger partial charge >= 0.3 is 0 Å². The number of nitrogens with zero attached hydrogens (tertiary/aromatic N) is 1. The number of ether oxygens (including phenoxy) is 1. The van der Waals surface area contributed by atoms with E-state index in [1.54, 1.807) is 0 Å². The molecular weight excluding hydrogens is 249 g/mol. The fourth-order valence-electron chi connectivity index (χ4n) is 1.72. The van der Waals surface area contributed by atoms with Gasteiger partial charge in [0.05, 0.1) is 25.0 Å². The molecule has 0 aliphatic carbocycles. The number of rotatable bonds is 3. The first-order valence-corrected chi connectivity index (χ1v) is 5.72. The molecule has 1 fully saturated rings. The van der Waals surface area contributed by atoms with Crippen LogP contribution in [0.2, 0.25) is 5.02 Å². The van der Waals surface area contributed by atoms with Gasteiger partial charge in [0, 0.05) is 6.61 Å². The number of hydrogen-bond acceptors (Lipinski definition) is 4. The molecule has 1 aromatic heterocycles. The van der Waals surface area contributed by atoms with E-state index < -0.39 is 11.2 Å². The monoisotopic (exact) mass is 261 g/mol. The zero-order valence-corrected chi connectivity index (χ0v) is 9.89. The Morgan fingerprint density at radius 3 is 3.24 bits per heavy atom. The second kappa shape index (κ2) is 5.01. The summed E-state index contributed by atoms with van der Waals surface area (Å²) in [5.41, 5.74) is -1.58. The number of nitrogens with one attached hydrogen (secondary N) is 2. The van der Waals surface area contributed by atoms with Gasteiger partial charge in [0.15, 0.2) is 5.67 Å². The Hall–Kier alpha value is -1.14. The van der Waals surface area contributed by atoms with Gasteiger partial charge in [0.2, 0.25) is 0 Å². The Morgan fingerprint density at radius 1 is 1.71 bits per heavy atom. The third kappa shape index (κ3) is 2.95. The topological polar surface area (TPSA) is 67.0 Å². The lowest BCUT2D eigenvalue weighted by molar-refractivity contribution is -0.0234. The molecule has 17 heavy (non-hydrogen) atoms. The van der Waals surface area contributed by atoms with Crippen molar-refractivity contribution in [3.63, 3.8) is 0 Å². The van der Waals surface area contributed by atoms with Crippen molar-refractivity contribution in [2.24, 2.45) is 0 Å². The zero-order valence-electron chi connectivity index (χ0n) is 9.13. The molecule has 1 saturated heterocycles. The molecule has 2 heterocycles. The van der Waals surface area contributed by atoms with Gasteiger partial charge in [-0.15, -0.1) is 0 Å². The average Bonchev–Trinajstić information content (AvgIpc) is 2.32. The molecule has 1 aliphatic heterocycles. The minimum absolute atomic E-state index is 0.0136. The molecular formula is C10H13ClFN3O2. The van der Waals surface area contributed by atoms with E-state index in [0.29, 0.717) is 25.1 Å². The van der Waals surface area contributed by atoms with Crippen LogP contribution in [-0.2, 0) is 4.74 Å². The van der Waals surface area contributed by atoms with Crippen LogP contribution in [0.5, 0.6) is 0 Å². The van der Waals surface area contributed by atoms with Gasteiger partial charge in [-0.2, -0.15) is 5.10 Å². The third-order valence-electron chi connectivity index (χ3n) is 2.67. The van der Waals surface area contributed by atoms with Crippen LogP contribution < -0.4 is 10.9 Å². The first kappa shape index (κ1) is 12.3. The first-order chi connectivity index (χ1) is 8.11. The van der Waals surface area contributed by atoms with Crippen LogP contribution in [-0.4, -0.2) is 35.6 Å². The number of alkyl halides is 1. The van der Waals surface area contributed by atoms with E-state index in [-0.39, 0.29) is 18.2 Å². The second-order valence-electron chi connectivity index (χ2n) is 4.09. The number of H-pyrrole nitrogens is 1. The first-order valence-electron chi connectivity index (χ1n) is 5.34. The highest BCUT2D eigenvalue weighted by Crippen LogP contribution is 2.25. The third-order valence-corrected chi connectivity index (χ3v) is 3.04. The minimum Gasteiger partial charge on any atom is -0.379 e. The Balaban J connectivity index is 2.02. The maximum Gasteiger partial charge on any atom is 0.285 e. The highest BCUT2D eigenvalue weighted by molar-refractivity contribution is 6.32. The van der Waals surface area contributed by atoms with Gasteiger partial charge in [-0.1, -0.05) is 11.6 Å². The zero-order chi connectivity index (χ0) is 12.3. The lowest BCUT2D eigenvalue weighted by Crippen LogP contribution is -2.40. The van der Waals surface area contributed by atoms with E-state index in [9.17, 15) is 9.18 Å². The summed E-state index contributed by atoms with van der Waals surface area (Å²) in [4.78, 5) is 11.2. The van der Waals surface area contributed by atoms with Crippen LogP contribution in [0, 0.1) is 0 Å². The molecule has 0 radical (unpaired) electrons. The Labute approximate surface area is 102 Å². The Kier molecular flexibility index (Phi) is 3.63. The maximum absolute atomic E-state index is 14.2. The fourth-order valence-corrected chi connectivity index (χ4v) is 1.88. The van der Waals surface area contributed by atoms with Crippen molar-refractivity contribution in [2.45, 2.75) is 18.5 Å². The molecule has 1 aliphatic rings. The van der Waals surface area contributed by atoms with Crippen molar-refractivity contribution in [3.8, 4) is 0 Å². The summed E-state index contributed by atoms with van der Waals surface area (Å²) in [6, 6.07) is 0. The van der Waals surface area contributed by atoms with E-state index in [1.807, 2.05) is 0 Å². The Bertz CT molecular complexity index is 445. The van der Waals surface area contributed by atoms with E-state index in [0.717, 1.165) is 0 Å². The van der Waals surface area contributed by atoms with Crippen molar-refractivity contribution in [3.05, 3.63) is 21.6 Å². The van der Waals surface area contributed by atoms with Crippen LogP contribution in [0.1, 0.15) is 12.8 Å². The number of hydrogen-bond donors (Lipinski definition) is 2. The quantitative estimate of drug-likeness (QED) is 0.862. The minimum atomic E-state index is -1.41. The molecule has 1 aromatic rings. The molecule has 5 nitrogen and oxygen atoms in total. The van der Waals surface area contributed by atoms with Crippen LogP contribution >= 0.6 is 11.6 Å². The van der Waals surface area contributed by atoms with Crippen LogP contribution in [0.4, 0.5) is 10.1 Å². The molecule has 2 rings (SSSR count). The molecule has 7 heteroatoms. The van der Waals surface area contributed by atoms with Crippen LogP contribution in [0.3, 0.4) is 0 Å². The van der Waals surface area contributed by atoms with Gasteiger partial charge < -0.3 is 10.1 Å². The normalized spacial score (nSPS) is 24.6. The molecule has 94 valence electrons. The van der Waals surface area contributed by atoms with E-state index in [4.69, 9.17) is 16.3 Å². The fraction of sp³-hybridized carbons (Fsp3) is 0.600. The Morgan fingerprint density at radius 2 is 2.53 bits per heavy atom. The summed E-state index contributed by atoms with van der Waals surface area (Å²) >= 11 is 5.76. The summed E-state index contributed by atoms with van der Waals surface area (Å²) < 4.78 is 19.2. The number of aromatic nitrogens is 2. The lowest BCUT2D eigenvalue weighted by Gasteiger charge is -2.29. The summed E-state index contributed by atoms with van der Waals surface area (Å²) in [5, 5.41) is 8.57. The number of anilines is 1. The summed E-state index contributed by atoms with van der Waals surface area (Å²) in [6.45, 7) is 0.713. The van der Waals surface area contributed by atoms with Gasteiger partial charge in [-0.3, -0.25) is 4.79 Å². The van der Waals surface area contributed by atoms with Crippen molar-refractivity contribution in [1.82, 2.24) is 10.2 Å². The molecule has 0 saturated carbocycles. The molecule has 1 unspecified atom stereocenters. The summed E-state index contributed by atoms with van der Waals surface area (Å²) in [5.74, 6) is 0. The van der Waals surface area contributed by atoms with Gasteiger partial charge in [0.25, 0.3) is 5.56 Å². The van der Waals surface area contributed by atoms with Crippen LogP contribution in [0.25, 0.3) is 0 Å². The number of halogens is 2. The van der Waals surface area contributed by atoms with Gasteiger partial charge in [0.1, 0.15) is 5.02 Å². The SMILES string of the molecule is O=c1[nH]ncc(NCC2(F)CCCOC2)c1Cl. The van der Waals surface area contributed by atoms with Crippen molar-refractivity contribution in [1.29, 1.82) is 0 Å². The maximum atomic E-state index is 14.2. The molecule has 1 atom stereocenters. The van der Waals surface area contributed by atoms with Crippen molar-refractivity contribution >= 4 is 17.3 Å². The van der Waals surface area contributed by atoms with Gasteiger partial charge in [-0.05, 0) is 12.8 Å². The molecule has 0 amide bonds. The van der Waals surface area contributed by atoms with E-state index >= 15 is 0 Å². The molecule has 0 aromatic carbocycles. The standard InChI is InChI=1S/C10H13ClFN3O2/c11-8-7(4-14-15-9(8)16)13-5-10(12)2-1-3-17-6-10/h4H,1-3,5-6H2,(H2,13,15,16). The summed E-state index contributed by atoms with van der Waals surface area (Å²) in [7, 11) is 0. The highest BCUT2D eigenvalue weighted by Gasteiger charge is 2.32. The predicted octanol–water partition coefficient (Wildman–Crippen LogP) is 1.35. The van der Waals surface area contributed by atoms with Crippen molar-refractivity contribution in [2.75, 3.05) is 25.1 Å². The molecule has 0 bridgehead atoms. The summed E-state index contributed by atoms with van der Waals surface area (Å²) in [6.07, 6.45) is 2.49. The van der Waals surface area contributed by atoms with Crippen molar-refractivity contribution < 1.29 is 9.13 Å². The second-order valence-corrected chi connectivity index (χ2v) is 4.47. The average molecular weight is 262 g/mol. The smallest absolute Gasteiger partial charge is 0.285 e. The highest BCUT2D eigenvalue weighted by atomic mass is 35.5. The lowest BCUT2D eigenvalue weighted by atomic mass is 9.99.